The van der Waals surface area contributed by atoms with Crippen LogP contribution in [-0.4, -0.2) is 30.8 Å². The lowest BCUT2D eigenvalue weighted by Crippen LogP contribution is -2.50. The maximum absolute atomic E-state index is 12.2. The lowest BCUT2D eigenvalue weighted by atomic mass is 9.83. The quantitative estimate of drug-likeness (QED) is 0.875. The van der Waals surface area contributed by atoms with Crippen LogP contribution < -0.4 is 10.6 Å². The summed E-state index contributed by atoms with van der Waals surface area (Å²) in [4.78, 5) is 14.8. The highest BCUT2D eigenvalue weighted by molar-refractivity contribution is 7.11. The van der Waals surface area contributed by atoms with Crippen molar-refractivity contribution < 1.29 is 9.53 Å². The third kappa shape index (κ3) is 5.81. The number of amides is 2. The van der Waals surface area contributed by atoms with Crippen LogP contribution >= 0.6 is 11.3 Å². The first-order valence-electron chi connectivity index (χ1n) is 8.48. The molecule has 1 aliphatic heterocycles. The Bertz CT molecular complexity index is 521. The SMILES string of the molecule is Cc1ccc(CC(C)NC(=O)NC2CCOC(C(C)(C)C)C2)s1. The summed E-state index contributed by atoms with van der Waals surface area (Å²) in [6.45, 7) is 11.4. The number of ether oxygens (including phenoxy) is 1. The van der Waals surface area contributed by atoms with Gasteiger partial charge in [-0.1, -0.05) is 20.8 Å². The van der Waals surface area contributed by atoms with Crippen LogP contribution in [0, 0.1) is 12.3 Å². The molecule has 1 fully saturated rings. The lowest BCUT2D eigenvalue weighted by Gasteiger charge is -2.37. The van der Waals surface area contributed by atoms with Gasteiger partial charge in [-0.05, 0) is 44.2 Å². The molecule has 2 rings (SSSR count). The maximum atomic E-state index is 12.2. The molecule has 2 heterocycles. The summed E-state index contributed by atoms with van der Waals surface area (Å²) in [6.07, 6.45) is 2.85. The molecule has 0 bridgehead atoms. The number of hydrogen-bond acceptors (Lipinski definition) is 3. The van der Waals surface area contributed by atoms with E-state index < -0.39 is 0 Å². The van der Waals surface area contributed by atoms with Crippen LogP contribution in [0.5, 0.6) is 0 Å². The first kappa shape index (κ1) is 18.3. The van der Waals surface area contributed by atoms with Crippen molar-refractivity contribution in [1.29, 1.82) is 0 Å². The Morgan fingerprint density at radius 2 is 2.17 bits per heavy atom. The maximum Gasteiger partial charge on any atom is 0.315 e. The molecule has 1 aliphatic rings. The topological polar surface area (TPSA) is 50.4 Å². The van der Waals surface area contributed by atoms with Gasteiger partial charge in [0.1, 0.15) is 0 Å². The van der Waals surface area contributed by atoms with Crippen LogP contribution in [0.25, 0.3) is 0 Å². The summed E-state index contributed by atoms with van der Waals surface area (Å²) in [5.41, 5.74) is 0.112. The number of urea groups is 1. The number of thiophene rings is 1. The molecule has 3 unspecified atom stereocenters. The highest BCUT2D eigenvalue weighted by Gasteiger charge is 2.32. The van der Waals surface area contributed by atoms with Crippen molar-refractivity contribution in [3.8, 4) is 0 Å². The predicted octanol–water partition coefficient (Wildman–Crippen LogP) is 3.88. The minimum absolute atomic E-state index is 0.0645. The van der Waals surface area contributed by atoms with E-state index >= 15 is 0 Å². The molecule has 0 radical (unpaired) electrons. The van der Waals surface area contributed by atoms with Crippen LogP contribution in [0.3, 0.4) is 0 Å². The number of hydrogen-bond donors (Lipinski definition) is 2. The standard InChI is InChI=1S/C18H30N2O2S/c1-12(10-15-7-6-13(2)23-15)19-17(21)20-14-8-9-22-16(11-14)18(3,4)5/h6-7,12,14,16H,8-11H2,1-5H3,(H2,19,20,21). The van der Waals surface area contributed by atoms with Gasteiger partial charge >= 0.3 is 6.03 Å². The molecule has 130 valence electrons. The molecule has 1 saturated heterocycles. The third-order valence-corrected chi connectivity index (χ3v) is 5.29. The highest BCUT2D eigenvalue weighted by atomic mass is 32.1. The Kier molecular flexibility index (Phi) is 6.09. The van der Waals surface area contributed by atoms with Crippen LogP contribution in [-0.2, 0) is 11.2 Å². The number of carbonyl (C=O) groups excluding carboxylic acids is 1. The van der Waals surface area contributed by atoms with E-state index in [1.807, 2.05) is 0 Å². The van der Waals surface area contributed by atoms with E-state index in [1.54, 1.807) is 11.3 Å². The Morgan fingerprint density at radius 1 is 1.43 bits per heavy atom. The van der Waals surface area contributed by atoms with Crippen molar-refractivity contribution in [3.63, 3.8) is 0 Å². The van der Waals surface area contributed by atoms with Gasteiger partial charge in [0.05, 0.1) is 6.10 Å². The molecule has 3 atom stereocenters. The van der Waals surface area contributed by atoms with Crippen LogP contribution in [0.15, 0.2) is 12.1 Å². The van der Waals surface area contributed by atoms with E-state index in [2.05, 4.69) is 57.4 Å². The second kappa shape index (κ2) is 7.67. The zero-order valence-corrected chi connectivity index (χ0v) is 15.8. The molecule has 0 aromatic carbocycles. The average Bonchev–Trinajstić information content (AvgIpc) is 2.83. The van der Waals surface area contributed by atoms with Gasteiger partial charge in [0, 0.05) is 34.9 Å². The summed E-state index contributed by atoms with van der Waals surface area (Å²) >= 11 is 1.79. The molecular formula is C18H30N2O2S. The summed E-state index contributed by atoms with van der Waals surface area (Å²) in [5.74, 6) is 0. The summed E-state index contributed by atoms with van der Waals surface area (Å²) in [7, 11) is 0. The van der Waals surface area contributed by atoms with Gasteiger partial charge in [-0.3, -0.25) is 0 Å². The van der Waals surface area contributed by atoms with Gasteiger partial charge in [-0.25, -0.2) is 4.79 Å². The van der Waals surface area contributed by atoms with Crippen molar-refractivity contribution in [3.05, 3.63) is 21.9 Å². The molecule has 23 heavy (non-hydrogen) atoms. The summed E-state index contributed by atoms with van der Waals surface area (Å²) < 4.78 is 5.85. The minimum Gasteiger partial charge on any atom is -0.378 e. The second-order valence-corrected chi connectivity index (χ2v) is 9.05. The van der Waals surface area contributed by atoms with Crippen molar-refractivity contribution in [2.45, 2.75) is 72.1 Å². The van der Waals surface area contributed by atoms with E-state index in [-0.39, 0.29) is 29.6 Å². The third-order valence-electron chi connectivity index (χ3n) is 4.27. The first-order valence-corrected chi connectivity index (χ1v) is 9.29. The van der Waals surface area contributed by atoms with Gasteiger partial charge in [0.15, 0.2) is 0 Å². The number of aryl methyl sites for hydroxylation is 1. The van der Waals surface area contributed by atoms with E-state index in [9.17, 15) is 4.79 Å². The van der Waals surface area contributed by atoms with E-state index in [0.29, 0.717) is 0 Å². The first-order chi connectivity index (χ1) is 10.7. The summed E-state index contributed by atoms with van der Waals surface area (Å²) in [5, 5.41) is 6.17. The number of nitrogens with one attached hydrogen (secondary N) is 2. The molecule has 1 aromatic rings. The van der Waals surface area contributed by atoms with E-state index in [1.165, 1.54) is 9.75 Å². The predicted molar refractivity (Wildman–Crippen MR) is 96.1 cm³/mol. The molecule has 0 spiro atoms. The molecule has 1 aromatic heterocycles. The zero-order chi connectivity index (χ0) is 17.0. The lowest BCUT2D eigenvalue weighted by molar-refractivity contribution is -0.0565. The van der Waals surface area contributed by atoms with Crippen LogP contribution in [0.2, 0.25) is 0 Å². The Labute approximate surface area is 144 Å². The largest absolute Gasteiger partial charge is 0.378 e. The Hall–Kier alpha value is -1.07. The van der Waals surface area contributed by atoms with Crippen LogP contribution in [0.1, 0.15) is 50.3 Å². The number of carbonyl (C=O) groups is 1. The molecule has 4 nitrogen and oxygen atoms in total. The molecular weight excluding hydrogens is 308 g/mol. The van der Waals surface area contributed by atoms with Crippen molar-refractivity contribution in [2.24, 2.45) is 5.41 Å². The Morgan fingerprint density at radius 3 is 2.78 bits per heavy atom. The fraction of sp³-hybridized carbons (Fsp3) is 0.722. The highest BCUT2D eigenvalue weighted by Crippen LogP contribution is 2.29. The molecule has 0 saturated carbocycles. The van der Waals surface area contributed by atoms with Gasteiger partial charge in [-0.2, -0.15) is 0 Å². The smallest absolute Gasteiger partial charge is 0.315 e. The average molecular weight is 339 g/mol. The molecule has 5 heteroatoms. The van der Waals surface area contributed by atoms with Gasteiger partial charge in [-0.15, -0.1) is 11.3 Å². The molecule has 0 aliphatic carbocycles. The minimum atomic E-state index is -0.0645. The zero-order valence-electron chi connectivity index (χ0n) is 14.9. The van der Waals surface area contributed by atoms with E-state index in [4.69, 9.17) is 4.74 Å². The van der Waals surface area contributed by atoms with Crippen molar-refractivity contribution in [1.82, 2.24) is 10.6 Å². The molecule has 2 amide bonds. The van der Waals surface area contributed by atoms with Gasteiger partial charge in [0.25, 0.3) is 0 Å². The van der Waals surface area contributed by atoms with Gasteiger partial charge < -0.3 is 15.4 Å². The van der Waals surface area contributed by atoms with Crippen LogP contribution in [0.4, 0.5) is 4.79 Å². The fourth-order valence-electron chi connectivity index (χ4n) is 2.93. The number of rotatable bonds is 4. The Balaban J connectivity index is 1.77. The fourth-order valence-corrected chi connectivity index (χ4v) is 3.95. The van der Waals surface area contributed by atoms with E-state index in [0.717, 1.165) is 25.9 Å². The van der Waals surface area contributed by atoms with Gasteiger partial charge in [0.2, 0.25) is 0 Å². The summed E-state index contributed by atoms with van der Waals surface area (Å²) in [6, 6.07) is 4.53. The monoisotopic (exact) mass is 338 g/mol. The molecule has 2 N–H and O–H groups in total. The van der Waals surface area contributed by atoms with Crippen molar-refractivity contribution in [2.75, 3.05) is 6.61 Å². The second-order valence-electron chi connectivity index (χ2n) is 7.68. The van der Waals surface area contributed by atoms with Crippen molar-refractivity contribution >= 4 is 17.4 Å². The normalized spacial score (nSPS) is 23.3.